The predicted octanol–water partition coefficient (Wildman–Crippen LogP) is 4.69. The van der Waals surface area contributed by atoms with Crippen LogP contribution < -0.4 is 10.9 Å². The summed E-state index contributed by atoms with van der Waals surface area (Å²) < 4.78 is 44.5. The number of nitrogens with zero attached hydrogens (tertiary/aromatic N) is 2. The van der Waals surface area contributed by atoms with Crippen molar-refractivity contribution in [1.82, 2.24) is 19.9 Å². The van der Waals surface area contributed by atoms with E-state index in [1.807, 2.05) is 17.5 Å². The van der Waals surface area contributed by atoms with Gasteiger partial charge in [0, 0.05) is 17.5 Å². The number of nitrogens with one attached hydrogen (secondary N) is 2. The summed E-state index contributed by atoms with van der Waals surface area (Å²) in [4.78, 5) is 17.8. The van der Waals surface area contributed by atoms with Gasteiger partial charge in [-0.15, -0.1) is 11.3 Å². The number of H-pyrrole nitrogens is 1. The van der Waals surface area contributed by atoms with E-state index in [9.17, 15) is 18.0 Å². The predicted molar refractivity (Wildman–Crippen MR) is 112 cm³/mol. The highest BCUT2D eigenvalue weighted by atomic mass is 35.5. The van der Waals surface area contributed by atoms with E-state index in [-0.39, 0.29) is 25.4 Å². The highest BCUT2D eigenvalue weighted by molar-refractivity contribution is 7.13. The number of hydrogen-bond donors (Lipinski definition) is 2. The number of halogens is 4. The van der Waals surface area contributed by atoms with Crippen molar-refractivity contribution in [2.45, 2.75) is 19.3 Å². The first kappa shape index (κ1) is 21.6. The lowest BCUT2D eigenvalue weighted by atomic mass is 10.1. The summed E-state index contributed by atoms with van der Waals surface area (Å²) in [6.07, 6.45) is -4.36. The average molecular weight is 469 g/mol. The zero-order chi connectivity index (χ0) is 22.0. The van der Waals surface area contributed by atoms with Crippen LogP contribution in [0, 0.1) is 0 Å². The van der Waals surface area contributed by atoms with Gasteiger partial charge in [-0.3, -0.25) is 15.2 Å². The quantitative estimate of drug-likeness (QED) is 0.305. The number of ether oxygens (including phenoxy) is 1. The van der Waals surface area contributed by atoms with Crippen LogP contribution in [-0.4, -0.2) is 21.3 Å². The Kier molecular flexibility index (Phi) is 6.15. The highest BCUT2D eigenvalue weighted by Gasteiger charge is 2.29. The molecule has 0 aliphatic carbocycles. The van der Waals surface area contributed by atoms with Gasteiger partial charge in [0.15, 0.2) is 5.65 Å². The molecule has 3 aromatic heterocycles. The molecule has 2 N–H and O–H groups in total. The monoisotopic (exact) mass is 468 g/mol. The van der Waals surface area contributed by atoms with Gasteiger partial charge < -0.3 is 4.74 Å². The Balaban J connectivity index is 1.37. The Morgan fingerprint density at radius 3 is 2.68 bits per heavy atom. The van der Waals surface area contributed by atoms with Crippen LogP contribution in [-0.2, 0) is 24.1 Å². The van der Waals surface area contributed by atoms with Gasteiger partial charge >= 0.3 is 6.18 Å². The van der Waals surface area contributed by atoms with Gasteiger partial charge in [-0.25, -0.2) is 4.98 Å². The summed E-state index contributed by atoms with van der Waals surface area (Å²) in [6, 6.07) is 9.96. The summed E-state index contributed by atoms with van der Waals surface area (Å²) in [5.41, 5.74) is 1.23. The van der Waals surface area contributed by atoms with Crippen molar-refractivity contribution in [3.05, 3.63) is 80.2 Å². The number of aromatic nitrogens is 3. The molecule has 0 spiro atoms. The lowest BCUT2D eigenvalue weighted by molar-refractivity contribution is -0.137. The maximum absolute atomic E-state index is 12.6. The van der Waals surface area contributed by atoms with Crippen LogP contribution in [0.1, 0.15) is 16.8 Å². The number of alkyl halides is 3. The topological polar surface area (TPSA) is 71.4 Å². The summed E-state index contributed by atoms with van der Waals surface area (Å²) in [7, 11) is 0. The Labute approximate surface area is 183 Å². The molecule has 4 rings (SSSR count). The molecule has 0 amide bonds. The van der Waals surface area contributed by atoms with Crippen molar-refractivity contribution in [2.24, 2.45) is 0 Å². The summed E-state index contributed by atoms with van der Waals surface area (Å²) in [6.45, 7) is 0.551. The summed E-state index contributed by atoms with van der Waals surface area (Å²) >= 11 is 7.76. The molecule has 6 nitrogen and oxygen atoms in total. The van der Waals surface area contributed by atoms with Crippen LogP contribution in [0.4, 0.5) is 13.2 Å². The Morgan fingerprint density at radius 2 is 2.00 bits per heavy atom. The average Bonchev–Trinajstić information content (AvgIpc) is 3.35. The molecule has 0 radical (unpaired) electrons. The molecule has 162 valence electrons. The lowest BCUT2D eigenvalue weighted by Crippen LogP contribution is -2.21. The molecule has 0 aliphatic heterocycles. The van der Waals surface area contributed by atoms with Crippen molar-refractivity contribution in [2.75, 3.05) is 6.73 Å². The Morgan fingerprint density at radius 1 is 1.23 bits per heavy atom. The molecule has 0 saturated heterocycles. The van der Waals surface area contributed by atoms with Gasteiger partial charge in [-0.05, 0) is 29.1 Å². The van der Waals surface area contributed by atoms with Crippen molar-refractivity contribution in [3.8, 4) is 10.4 Å². The van der Waals surface area contributed by atoms with Gasteiger partial charge in [0.1, 0.15) is 5.15 Å². The normalized spacial score (nSPS) is 12.0. The number of rotatable bonds is 7. The van der Waals surface area contributed by atoms with Crippen LogP contribution in [0.3, 0.4) is 0 Å². The molecule has 31 heavy (non-hydrogen) atoms. The first-order valence-electron chi connectivity index (χ1n) is 9.11. The van der Waals surface area contributed by atoms with Crippen LogP contribution in [0.2, 0.25) is 5.15 Å². The first-order chi connectivity index (χ1) is 14.8. The van der Waals surface area contributed by atoms with E-state index in [2.05, 4.69) is 15.4 Å². The van der Waals surface area contributed by atoms with Gasteiger partial charge in [0.25, 0.3) is 5.56 Å². The molecule has 4 aromatic rings. The molecule has 0 unspecified atom stereocenters. The molecule has 11 heteroatoms. The summed E-state index contributed by atoms with van der Waals surface area (Å²) in [5.74, 6) is 0. The second-order valence-electron chi connectivity index (χ2n) is 6.64. The van der Waals surface area contributed by atoms with E-state index in [0.717, 1.165) is 17.0 Å². The molecule has 0 fully saturated rings. The molecular weight excluding hydrogens is 453 g/mol. The third kappa shape index (κ3) is 4.82. The van der Waals surface area contributed by atoms with E-state index in [1.165, 1.54) is 34.1 Å². The second kappa shape index (κ2) is 8.83. The number of benzene rings is 1. The maximum Gasteiger partial charge on any atom is 0.416 e. The van der Waals surface area contributed by atoms with Crippen LogP contribution in [0.5, 0.6) is 0 Å². The fraction of sp³-hybridized carbons (Fsp3) is 0.200. The number of thiophene rings is 1. The minimum absolute atomic E-state index is 0.133. The lowest BCUT2D eigenvalue weighted by Gasteiger charge is -2.09. The fourth-order valence-corrected chi connectivity index (χ4v) is 4.10. The van der Waals surface area contributed by atoms with Crippen LogP contribution in [0.15, 0.2) is 52.6 Å². The fourth-order valence-electron chi connectivity index (χ4n) is 3.00. The van der Waals surface area contributed by atoms with Gasteiger partial charge in [-0.1, -0.05) is 29.8 Å². The van der Waals surface area contributed by atoms with Gasteiger partial charge in [-0.2, -0.15) is 17.7 Å². The van der Waals surface area contributed by atoms with Crippen molar-refractivity contribution in [1.29, 1.82) is 0 Å². The molecule has 0 atom stereocenters. The molecule has 0 saturated carbocycles. The molecule has 0 bridgehead atoms. The van der Waals surface area contributed by atoms with E-state index < -0.39 is 11.7 Å². The summed E-state index contributed by atoms with van der Waals surface area (Å²) in [5, 5.41) is 8.06. The van der Waals surface area contributed by atoms with Crippen LogP contribution >= 0.6 is 22.9 Å². The smallest absolute Gasteiger partial charge is 0.362 e. The second-order valence-corrected chi connectivity index (χ2v) is 7.96. The number of hydrogen-bond acceptors (Lipinski definition) is 5. The van der Waals surface area contributed by atoms with Crippen molar-refractivity contribution in [3.63, 3.8) is 0 Å². The molecule has 1 aromatic carbocycles. The van der Waals surface area contributed by atoms with Crippen LogP contribution in [0.25, 0.3) is 16.1 Å². The van der Waals surface area contributed by atoms with E-state index in [1.54, 1.807) is 0 Å². The molecule has 3 heterocycles. The van der Waals surface area contributed by atoms with Gasteiger partial charge in [0.05, 0.1) is 30.2 Å². The maximum atomic E-state index is 12.6. The van der Waals surface area contributed by atoms with Crippen molar-refractivity contribution < 1.29 is 17.9 Å². The minimum Gasteiger partial charge on any atom is -0.362 e. The number of aromatic amines is 1. The third-order valence-corrected chi connectivity index (χ3v) is 5.61. The SMILES string of the molecule is O=c1cc(CNCOCc2ccc(C(F)(F)F)cc2)nc2c(-c3cccs3)c(Cl)[nH]n12. The Hall–Kier alpha value is -2.66. The molecular formula is C20H16ClF3N4O2S. The standard InChI is InChI=1S/C20H16ClF3N4O2S/c21-18-17(15-2-1-7-31-15)19-26-14(8-16(29)28(19)27-18)9-25-11-30-10-12-3-5-13(6-4-12)20(22,23)24/h1-8,25,27H,9-11H2. The van der Waals surface area contributed by atoms with E-state index in [4.69, 9.17) is 16.3 Å². The Bertz CT molecular complexity index is 1230. The third-order valence-electron chi connectivity index (χ3n) is 4.45. The largest absolute Gasteiger partial charge is 0.416 e. The molecule has 0 aliphatic rings. The highest BCUT2D eigenvalue weighted by Crippen LogP contribution is 2.33. The van der Waals surface area contributed by atoms with E-state index >= 15 is 0 Å². The minimum atomic E-state index is -4.36. The van der Waals surface area contributed by atoms with Gasteiger partial charge in [0.2, 0.25) is 0 Å². The van der Waals surface area contributed by atoms with Crippen molar-refractivity contribution >= 4 is 28.6 Å². The zero-order valence-electron chi connectivity index (χ0n) is 15.9. The number of fused-ring (bicyclic) bond motifs is 1. The first-order valence-corrected chi connectivity index (χ1v) is 10.4. The zero-order valence-corrected chi connectivity index (χ0v) is 17.4. The van der Waals surface area contributed by atoms with E-state index in [0.29, 0.717) is 27.6 Å².